The van der Waals surface area contributed by atoms with Crippen molar-refractivity contribution in [1.82, 2.24) is 0 Å². The van der Waals surface area contributed by atoms with Crippen LogP contribution < -0.4 is 0 Å². The molecule has 3 atom stereocenters. The molecular formula is C16H26O2. The number of ether oxygens (including phenoxy) is 2. The van der Waals surface area contributed by atoms with E-state index in [0.29, 0.717) is 0 Å². The first kappa shape index (κ1) is 12.7. The first-order valence-electron chi connectivity index (χ1n) is 7.22. The van der Waals surface area contributed by atoms with Crippen molar-refractivity contribution < 1.29 is 9.47 Å². The highest BCUT2D eigenvalue weighted by Crippen LogP contribution is 2.64. The van der Waals surface area contributed by atoms with Crippen LogP contribution in [0, 0.1) is 10.8 Å². The van der Waals surface area contributed by atoms with Gasteiger partial charge in [0.05, 0.1) is 0 Å². The highest BCUT2D eigenvalue weighted by atomic mass is 16.8. The third-order valence-corrected chi connectivity index (χ3v) is 5.63. The summed E-state index contributed by atoms with van der Waals surface area (Å²) in [7, 11) is 0. The van der Waals surface area contributed by atoms with Crippen LogP contribution in [0.2, 0.25) is 0 Å². The van der Waals surface area contributed by atoms with E-state index >= 15 is 0 Å². The number of hydrogen-bond acceptors (Lipinski definition) is 2. The van der Waals surface area contributed by atoms with Crippen molar-refractivity contribution in [3.63, 3.8) is 0 Å². The van der Waals surface area contributed by atoms with E-state index in [9.17, 15) is 0 Å². The molecule has 0 N–H and O–H groups in total. The maximum absolute atomic E-state index is 6.35. The normalized spacial score (nSPS) is 48.6. The molecule has 0 radical (unpaired) electrons. The summed E-state index contributed by atoms with van der Waals surface area (Å²) in [5.41, 5.74) is 1.79. The average molecular weight is 250 g/mol. The first-order valence-corrected chi connectivity index (χ1v) is 7.22. The molecule has 0 spiro atoms. The van der Waals surface area contributed by atoms with Crippen LogP contribution in [0.15, 0.2) is 11.6 Å². The fourth-order valence-corrected chi connectivity index (χ4v) is 4.61. The maximum atomic E-state index is 6.35. The van der Waals surface area contributed by atoms with Crippen LogP contribution in [0.25, 0.3) is 0 Å². The summed E-state index contributed by atoms with van der Waals surface area (Å²) in [6.45, 7) is 13.4. The second-order valence-electron chi connectivity index (χ2n) is 7.80. The molecule has 2 nitrogen and oxygen atoms in total. The van der Waals surface area contributed by atoms with Gasteiger partial charge in [-0.05, 0) is 39.0 Å². The van der Waals surface area contributed by atoms with Crippen molar-refractivity contribution in [2.45, 2.75) is 78.3 Å². The van der Waals surface area contributed by atoms with Crippen LogP contribution in [-0.2, 0) is 9.47 Å². The first-order chi connectivity index (χ1) is 8.11. The van der Waals surface area contributed by atoms with Crippen LogP contribution in [0.4, 0.5) is 0 Å². The van der Waals surface area contributed by atoms with Gasteiger partial charge in [0, 0.05) is 5.41 Å². The second-order valence-corrected chi connectivity index (χ2v) is 7.80. The summed E-state index contributed by atoms with van der Waals surface area (Å²) < 4.78 is 12.5. The summed E-state index contributed by atoms with van der Waals surface area (Å²) in [5, 5.41) is 0. The Bertz CT molecular complexity index is 421. The van der Waals surface area contributed by atoms with Crippen molar-refractivity contribution in [2.75, 3.05) is 0 Å². The maximum Gasteiger partial charge on any atom is 0.164 e. The second kappa shape index (κ2) is 3.21. The van der Waals surface area contributed by atoms with Crippen LogP contribution >= 0.6 is 0 Å². The summed E-state index contributed by atoms with van der Waals surface area (Å²) in [5.74, 6) is -0.452. The monoisotopic (exact) mass is 250 g/mol. The van der Waals surface area contributed by atoms with Gasteiger partial charge in [-0.15, -0.1) is 0 Å². The van der Waals surface area contributed by atoms with E-state index in [4.69, 9.17) is 9.47 Å². The largest absolute Gasteiger partial charge is 0.340 e. The van der Waals surface area contributed by atoms with Crippen molar-refractivity contribution >= 4 is 0 Å². The molecule has 0 aromatic carbocycles. The highest BCUT2D eigenvalue weighted by molar-refractivity contribution is 5.38. The number of hydrogen-bond donors (Lipinski definition) is 0. The third kappa shape index (κ3) is 1.36. The Morgan fingerprint density at radius 1 is 1.06 bits per heavy atom. The zero-order valence-electron chi connectivity index (χ0n) is 12.6. The molecular weight excluding hydrogens is 224 g/mol. The van der Waals surface area contributed by atoms with Crippen LogP contribution in [0.5, 0.6) is 0 Å². The van der Waals surface area contributed by atoms with Gasteiger partial charge in [-0.1, -0.05) is 38.8 Å². The van der Waals surface area contributed by atoms with Crippen molar-refractivity contribution in [3.05, 3.63) is 11.6 Å². The lowest BCUT2D eigenvalue weighted by Crippen LogP contribution is -2.51. The average Bonchev–Trinajstić information content (AvgIpc) is 2.53. The molecule has 0 bridgehead atoms. The molecule has 18 heavy (non-hydrogen) atoms. The van der Waals surface area contributed by atoms with Gasteiger partial charge in [-0.25, -0.2) is 0 Å². The zero-order chi connectivity index (χ0) is 13.4. The van der Waals surface area contributed by atoms with E-state index in [2.05, 4.69) is 33.8 Å². The molecule has 1 heterocycles. The number of rotatable bonds is 0. The van der Waals surface area contributed by atoms with E-state index in [0.717, 1.165) is 0 Å². The van der Waals surface area contributed by atoms with Gasteiger partial charge in [0.1, 0.15) is 11.7 Å². The minimum absolute atomic E-state index is 0.116. The lowest BCUT2D eigenvalue weighted by molar-refractivity contribution is -0.183. The van der Waals surface area contributed by atoms with E-state index < -0.39 is 5.79 Å². The van der Waals surface area contributed by atoms with Gasteiger partial charge in [0.15, 0.2) is 5.79 Å². The van der Waals surface area contributed by atoms with Gasteiger partial charge in [0.2, 0.25) is 0 Å². The van der Waals surface area contributed by atoms with Gasteiger partial charge in [-0.3, -0.25) is 0 Å². The quantitative estimate of drug-likeness (QED) is 0.604. The topological polar surface area (TPSA) is 18.5 Å². The molecule has 3 rings (SSSR count). The van der Waals surface area contributed by atoms with E-state index in [1.165, 1.54) is 19.3 Å². The zero-order valence-corrected chi connectivity index (χ0v) is 12.6. The Morgan fingerprint density at radius 3 is 2.39 bits per heavy atom. The van der Waals surface area contributed by atoms with Gasteiger partial charge in [0.25, 0.3) is 0 Å². The van der Waals surface area contributed by atoms with Crippen LogP contribution in [-0.4, -0.2) is 17.5 Å². The molecule has 0 aromatic rings. The standard InChI is InChI=1S/C16H26O2/c1-13(2)8-7-9-15(5)11(13)10-12-16(15,6)18-14(3,4)17-12/h10,12H,7-9H2,1-6H3/t12-,15+,16-/m1/s1. The van der Waals surface area contributed by atoms with Gasteiger partial charge >= 0.3 is 0 Å². The Labute approximate surface area is 111 Å². The highest BCUT2D eigenvalue weighted by Gasteiger charge is 2.66. The van der Waals surface area contributed by atoms with Gasteiger partial charge in [-0.2, -0.15) is 0 Å². The molecule has 1 saturated carbocycles. The van der Waals surface area contributed by atoms with Crippen LogP contribution in [0.3, 0.4) is 0 Å². The van der Waals surface area contributed by atoms with Crippen molar-refractivity contribution in [3.8, 4) is 0 Å². The molecule has 2 heteroatoms. The minimum atomic E-state index is -0.452. The molecule has 2 fully saturated rings. The molecule has 3 aliphatic rings. The smallest absolute Gasteiger partial charge is 0.164 e. The molecule has 2 aliphatic carbocycles. The Morgan fingerprint density at radius 2 is 1.72 bits per heavy atom. The summed E-state index contributed by atoms with van der Waals surface area (Å²) >= 11 is 0. The molecule has 1 aliphatic heterocycles. The van der Waals surface area contributed by atoms with Gasteiger partial charge < -0.3 is 9.47 Å². The fourth-order valence-electron chi connectivity index (χ4n) is 4.61. The minimum Gasteiger partial charge on any atom is -0.340 e. The number of fused-ring (bicyclic) bond motifs is 3. The van der Waals surface area contributed by atoms with Crippen molar-refractivity contribution in [2.24, 2.45) is 10.8 Å². The lowest BCUT2D eigenvalue weighted by Gasteiger charge is -2.50. The van der Waals surface area contributed by atoms with E-state index in [1.54, 1.807) is 5.57 Å². The summed E-state index contributed by atoms with van der Waals surface area (Å²) in [4.78, 5) is 0. The molecule has 1 saturated heterocycles. The summed E-state index contributed by atoms with van der Waals surface area (Å²) in [6, 6.07) is 0. The van der Waals surface area contributed by atoms with E-state index in [1.807, 2.05) is 13.8 Å². The Kier molecular flexibility index (Phi) is 2.26. The lowest BCUT2D eigenvalue weighted by atomic mass is 9.57. The Hall–Kier alpha value is -0.340. The fraction of sp³-hybridized carbons (Fsp3) is 0.875. The van der Waals surface area contributed by atoms with Crippen LogP contribution in [0.1, 0.15) is 60.8 Å². The predicted octanol–water partition coefficient (Wildman–Crippen LogP) is 4.05. The summed E-state index contributed by atoms with van der Waals surface area (Å²) in [6.07, 6.45) is 6.26. The molecule has 0 unspecified atom stereocenters. The molecule has 102 valence electrons. The third-order valence-electron chi connectivity index (χ3n) is 5.63. The SMILES string of the molecule is CC1(C)O[C@@H]2C=C3C(C)(C)CCC[C@]3(C)[C@]2(C)O1. The predicted molar refractivity (Wildman–Crippen MR) is 72.3 cm³/mol. The molecule has 0 amide bonds. The molecule has 0 aromatic heterocycles. The Balaban J connectivity index is 2.09. The van der Waals surface area contributed by atoms with Crippen molar-refractivity contribution in [1.29, 1.82) is 0 Å². The van der Waals surface area contributed by atoms with E-state index in [-0.39, 0.29) is 22.5 Å².